The van der Waals surface area contributed by atoms with Crippen LogP contribution in [0.2, 0.25) is 0 Å². The summed E-state index contributed by atoms with van der Waals surface area (Å²) in [5, 5.41) is 6.68. The first-order valence-electron chi connectivity index (χ1n) is 5.71. The molecule has 20 heavy (non-hydrogen) atoms. The van der Waals surface area contributed by atoms with Gasteiger partial charge in [0.25, 0.3) is 0 Å². The molecule has 0 saturated heterocycles. The first kappa shape index (κ1) is 15.4. The molecule has 1 aromatic carbocycles. The van der Waals surface area contributed by atoms with Crippen LogP contribution in [0.3, 0.4) is 0 Å². The van der Waals surface area contributed by atoms with Crippen LogP contribution in [0.25, 0.3) is 6.08 Å². The van der Waals surface area contributed by atoms with Crippen molar-refractivity contribution < 1.29 is 23.4 Å². The molecule has 0 aromatic heterocycles. The van der Waals surface area contributed by atoms with E-state index in [0.717, 1.165) is 5.56 Å². The van der Waals surface area contributed by atoms with Crippen molar-refractivity contribution >= 4 is 37.2 Å². The average molecular weight is 365 g/mol. The lowest BCUT2D eigenvalue weighted by atomic mass is 9.97. The molecule has 0 saturated carbocycles. The second kappa shape index (κ2) is 5.41. The van der Waals surface area contributed by atoms with Gasteiger partial charge in [0, 0.05) is 5.56 Å². The van der Waals surface area contributed by atoms with Crippen molar-refractivity contribution in [1.82, 2.24) is 0 Å². The smallest absolute Gasteiger partial charge is 0.335 e. The van der Waals surface area contributed by atoms with E-state index in [1.807, 2.05) is 6.92 Å². The average Bonchev–Trinajstić information content (AvgIpc) is 2.37. The SMILES string of the molecule is Cc1cc(Br)c2c(c1)C=C(C(=O)O)C(C(F)(P)CF)O2. The molecule has 7 heteroatoms. The Bertz CT molecular complexity index is 602. The highest BCUT2D eigenvalue weighted by Gasteiger charge is 2.44. The van der Waals surface area contributed by atoms with Crippen molar-refractivity contribution in [3.05, 3.63) is 33.3 Å². The number of benzene rings is 1. The van der Waals surface area contributed by atoms with E-state index < -0.39 is 24.2 Å². The summed E-state index contributed by atoms with van der Waals surface area (Å²) in [6.45, 7) is 0.466. The van der Waals surface area contributed by atoms with Gasteiger partial charge in [-0.1, -0.05) is 9.24 Å². The Morgan fingerprint density at radius 2 is 2.25 bits per heavy atom. The van der Waals surface area contributed by atoms with Gasteiger partial charge in [0.1, 0.15) is 12.4 Å². The van der Waals surface area contributed by atoms with E-state index >= 15 is 0 Å². The summed E-state index contributed by atoms with van der Waals surface area (Å²) in [5.74, 6) is -1.03. The zero-order valence-corrected chi connectivity index (χ0v) is 13.2. The summed E-state index contributed by atoms with van der Waals surface area (Å²) in [5.41, 5.74) is 1.09. The van der Waals surface area contributed by atoms with E-state index in [2.05, 4.69) is 15.9 Å². The van der Waals surface area contributed by atoms with E-state index in [-0.39, 0.29) is 5.57 Å². The number of hydrogen-bond acceptors (Lipinski definition) is 2. The molecule has 1 aliphatic heterocycles. The Morgan fingerprint density at radius 3 is 2.80 bits per heavy atom. The molecule has 3 nitrogen and oxygen atoms in total. The van der Waals surface area contributed by atoms with Crippen LogP contribution in [0.4, 0.5) is 8.78 Å². The molecular formula is C13H12BrF2O3P. The number of alkyl halides is 2. The summed E-state index contributed by atoms with van der Waals surface area (Å²) in [6.07, 6.45) is -0.209. The van der Waals surface area contributed by atoms with Gasteiger partial charge >= 0.3 is 5.97 Å². The van der Waals surface area contributed by atoms with Crippen molar-refractivity contribution in [1.29, 1.82) is 0 Å². The number of fused-ring (bicyclic) bond motifs is 1. The minimum absolute atomic E-state index is 0.309. The molecule has 1 heterocycles. The fourth-order valence-corrected chi connectivity index (χ4v) is 2.94. The molecule has 0 radical (unpaired) electrons. The van der Waals surface area contributed by atoms with Crippen LogP contribution >= 0.6 is 25.2 Å². The third kappa shape index (κ3) is 2.72. The molecule has 1 N–H and O–H groups in total. The molecule has 0 fully saturated rings. The third-order valence-corrected chi connectivity index (χ3v) is 3.98. The molecule has 0 spiro atoms. The predicted molar refractivity (Wildman–Crippen MR) is 78.4 cm³/mol. The monoisotopic (exact) mass is 364 g/mol. The van der Waals surface area contributed by atoms with Crippen LogP contribution in [0.1, 0.15) is 11.1 Å². The van der Waals surface area contributed by atoms with Crippen LogP contribution in [0, 0.1) is 6.92 Å². The number of hydrogen-bond donors (Lipinski definition) is 1. The minimum Gasteiger partial charge on any atom is -0.480 e. The van der Waals surface area contributed by atoms with Gasteiger partial charge < -0.3 is 9.84 Å². The number of carboxylic acid groups (broad SMARTS) is 1. The second-order valence-electron chi connectivity index (χ2n) is 4.63. The highest BCUT2D eigenvalue weighted by atomic mass is 79.9. The zero-order valence-electron chi connectivity index (χ0n) is 10.5. The summed E-state index contributed by atoms with van der Waals surface area (Å²) in [4.78, 5) is 11.2. The topological polar surface area (TPSA) is 46.5 Å². The van der Waals surface area contributed by atoms with E-state index in [1.165, 1.54) is 6.08 Å². The molecular weight excluding hydrogens is 353 g/mol. The predicted octanol–water partition coefficient (Wildman–Crippen LogP) is 3.50. The molecule has 0 amide bonds. The van der Waals surface area contributed by atoms with E-state index in [9.17, 15) is 18.7 Å². The molecule has 2 rings (SSSR count). The van der Waals surface area contributed by atoms with Gasteiger partial charge in [-0.15, -0.1) is 0 Å². The molecule has 3 atom stereocenters. The lowest BCUT2D eigenvalue weighted by Crippen LogP contribution is -2.43. The lowest BCUT2D eigenvalue weighted by Gasteiger charge is -2.33. The van der Waals surface area contributed by atoms with Crippen molar-refractivity contribution in [3.63, 3.8) is 0 Å². The number of halogens is 3. The summed E-state index contributed by atoms with van der Waals surface area (Å²) in [7, 11) is 1.68. The number of aryl methyl sites for hydroxylation is 1. The Hall–Kier alpha value is -1.00. The maximum atomic E-state index is 14.2. The van der Waals surface area contributed by atoms with E-state index in [4.69, 9.17) is 4.74 Å². The largest absolute Gasteiger partial charge is 0.480 e. The summed E-state index contributed by atoms with van der Waals surface area (Å²) >= 11 is 3.28. The molecule has 0 aliphatic carbocycles. The molecule has 3 unspecified atom stereocenters. The highest BCUT2D eigenvalue weighted by Crippen LogP contribution is 2.42. The van der Waals surface area contributed by atoms with Crippen LogP contribution < -0.4 is 4.74 Å². The fourth-order valence-electron chi connectivity index (χ4n) is 2.01. The van der Waals surface area contributed by atoms with Gasteiger partial charge in [-0.2, -0.15) is 0 Å². The summed E-state index contributed by atoms with van der Waals surface area (Å²) in [6, 6.07) is 3.48. The standard InChI is InChI=1S/C13H12BrF2O3P/c1-6-2-7-4-8(12(17)18)11(13(16,20)5-15)19-10(7)9(14)3-6/h2-4,11H,5,20H2,1H3,(H,17,18). The zero-order chi connectivity index (χ0) is 15.1. The van der Waals surface area contributed by atoms with Crippen LogP contribution in [0.5, 0.6) is 5.75 Å². The van der Waals surface area contributed by atoms with E-state index in [1.54, 1.807) is 21.4 Å². The normalized spacial score (nSPS) is 20.4. The van der Waals surface area contributed by atoms with E-state index in [0.29, 0.717) is 15.8 Å². The molecule has 1 aliphatic rings. The number of aliphatic carboxylic acids is 1. The number of ether oxygens (including phenoxy) is 1. The van der Waals surface area contributed by atoms with Gasteiger partial charge in [0.15, 0.2) is 11.5 Å². The van der Waals surface area contributed by atoms with Crippen molar-refractivity contribution in [2.75, 3.05) is 6.67 Å². The van der Waals surface area contributed by atoms with Crippen LogP contribution in [-0.2, 0) is 4.79 Å². The number of carboxylic acids is 1. The van der Waals surface area contributed by atoms with Crippen molar-refractivity contribution in [2.45, 2.75) is 18.4 Å². The quantitative estimate of drug-likeness (QED) is 0.835. The van der Waals surface area contributed by atoms with Gasteiger partial charge in [-0.05, 0) is 46.6 Å². The Labute approximate surface area is 125 Å². The molecule has 1 aromatic rings. The molecule has 108 valence electrons. The maximum absolute atomic E-state index is 14.2. The van der Waals surface area contributed by atoms with Gasteiger partial charge in [0.05, 0.1) is 10.0 Å². The third-order valence-electron chi connectivity index (χ3n) is 2.93. The first-order valence-corrected chi connectivity index (χ1v) is 7.08. The van der Waals surface area contributed by atoms with Gasteiger partial charge in [-0.3, -0.25) is 0 Å². The van der Waals surface area contributed by atoms with Crippen LogP contribution in [0.15, 0.2) is 22.2 Å². The minimum atomic E-state index is -2.49. The Balaban J connectivity index is 2.59. The van der Waals surface area contributed by atoms with Crippen molar-refractivity contribution in [3.8, 4) is 5.75 Å². The Kier molecular flexibility index (Phi) is 4.17. The second-order valence-corrected chi connectivity index (χ2v) is 6.44. The summed E-state index contributed by atoms with van der Waals surface area (Å²) < 4.78 is 33.0. The number of rotatable bonds is 3. The van der Waals surface area contributed by atoms with Crippen LogP contribution in [-0.4, -0.2) is 29.3 Å². The molecule has 0 bridgehead atoms. The lowest BCUT2D eigenvalue weighted by molar-refractivity contribution is -0.134. The van der Waals surface area contributed by atoms with Gasteiger partial charge in [0.2, 0.25) is 0 Å². The number of carbonyl (C=O) groups is 1. The van der Waals surface area contributed by atoms with Crippen molar-refractivity contribution in [2.24, 2.45) is 0 Å². The highest BCUT2D eigenvalue weighted by molar-refractivity contribution is 9.10. The van der Waals surface area contributed by atoms with Gasteiger partial charge in [-0.25, -0.2) is 13.6 Å². The first-order chi connectivity index (χ1) is 9.26. The Morgan fingerprint density at radius 1 is 1.60 bits per heavy atom. The fraction of sp³-hybridized carbons (Fsp3) is 0.308. The maximum Gasteiger partial charge on any atom is 0.335 e.